The van der Waals surface area contributed by atoms with Crippen molar-refractivity contribution in [2.24, 2.45) is 0 Å². The molecule has 1 fully saturated rings. The van der Waals surface area contributed by atoms with Crippen LogP contribution >= 0.6 is 0 Å². The average molecular weight is 444 g/mol. The molecule has 6 nitrogen and oxygen atoms in total. The van der Waals surface area contributed by atoms with Crippen molar-refractivity contribution in [3.8, 4) is 0 Å². The Morgan fingerprint density at radius 2 is 1.24 bits per heavy atom. The van der Waals surface area contributed by atoms with E-state index in [9.17, 15) is 14.7 Å². The first-order valence-electron chi connectivity index (χ1n) is 11.3. The van der Waals surface area contributed by atoms with Gasteiger partial charge in [-0.05, 0) is 23.3 Å². The average Bonchev–Trinajstić information content (AvgIpc) is 2.89. The minimum atomic E-state index is -0.976. The van der Waals surface area contributed by atoms with Gasteiger partial charge in [-0.15, -0.1) is 0 Å². The van der Waals surface area contributed by atoms with E-state index >= 15 is 0 Å². The van der Waals surface area contributed by atoms with Gasteiger partial charge in [-0.2, -0.15) is 0 Å². The molecule has 0 aliphatic carbocycles. The molecule has 0 saturated carbocycles. The third-order valence-electron chi connectivity index (χ3n) is 6.04. The van der Waals surface area contributed by atoms with Crippen LogP contribution < -0.4 is 10.2 Å². The van der Waals surface area contributed by atoms with E-state index in [1.807, 2.05) is 78.9 Å². The van der Waals surface area contributed by atoms with E-state index in [1.165, 1.54) is 0 Å². The number of benzene rings is 3. The largest absolute Gasteiger partial charge is 0.394 e. The number of nitrogens with one attached hydrogen (secondary N) is 1. The maximum atomic E-state index is 13.3. The Balaban J connectivity index is 1.44. The summed E-state index contributed by atoms with van der Waals surface area (Å²) in [4.78, 5) is 30.4. The number of carbonyl (C=O) groups excluding carboxylic acids is 2. The fraction of sp³-hybridized carbons (Fsp3) is 0.259. The number of nitrogens with zero attached hydrogens (tertiary/aromatic N) is 2. The van der Waals surface area contributed by atoms with Crippen LogP contribution in [0.4, 0.5) is 5.69 Å². The number of amides is 2. The summed E-state index contributed by atoms with van der Waals surface area (Å²) in [7, 11) is 0. The van der Waals surface area contributed by atoms with Gasteiger partial charge in [0, 0.05) is 31.9 Å². The van der Waals surface area contributed by atoms with Crippen molar-refractivity contribution in [1.29, 1.82) is 0 Å². The number of anilines is 1. The van der Waals surface area contributed by atoms with Crippen molar-refractivity contribution in [2.75, 3.05) is 37.7 Å². The first-order chi connectivity index (χ1) is 16.2. The lowest BCUT2D eigenvalue weighted by Gasteiger charge is -2.37. The highest BCUT2D eigenvalue weighted by molar-refractivity contribution is 5.92. The first-order valence-corrected chi connectivity index (χ1v) is 11.3. The maximum Gasteiger partial charge on any atom is 0.247 e. The van der Waals surface area contributed by atoms with Gasteiger partial charge in [-0.3, -0.25) is 9.59 Å². The maximum absolute atomic E-state index is 13.3. The zero-order valence-corrected chi connectivity index (χ0v) is 18.5. The topological polar surface area (TPSA) is 72.9 Å². The summed E-state index contributed by atoms with van der Waals surface area (Å²) in [5, 5.41) is 12.8. The number of carbonyl (C=O) groups is 2. The molecule has 0 bridgehead atoms. The number of rotatable bonds is 7. The van der Waals surface area contributed by atoms with Crippen molar-refractivity contribution in [2.45, 2.75) is 12.0 Å². The van der Waals surface area contributed by atoms with E-state index in [4.69, 9.17) is 0 Å². The van der Waals surface area contributed by atoms with Crippen LogP contribution in [0.25, 0.3) is 0 Å². The highest BCUT2D eigenvalue weighted by Crippen LogP contribution is 2.25. The molecule has 2 N–H and O–H groups in total. The normalized spacial score (nSPS) is 14.7. The van der Waals surface area contributed by atoms with Crippen LogP contribution in [0, 0.1) is 0 Å². The number of aliphatic hydroxyl groups excluding tert-OH is 1. The molecular formula is C27H29N3O3. The van der Waals surface area contributed by atoms with Gasteiger partial charge in [-0.25, -0.2) is 0 Å². The molecular weight excluding hydrogens is 414 g/mol. The molecule has 4 rings (SSSR count). The Kier molecular flexibility index (Phi) is 7.37. The molecule has 3 aromatic carbocycles. The molecule has 2 amide bonds. The van der Waals surface area contributed by atoms with Gasteiger partial charge in [-0.1, -0.05) is 78.9 Å². The molecule has 6 heteroatoms. The molecule has 1 aliphatic rings. The summed E-state index contributed by atoms with van der Waals surface area (Å²) in [5.74, 6) is -1.12. The van der Waals surface area contributed by atoms with Gasteiger partial charge >= 0.3 is 0 Å². The van der Waals surface area contributed by atoms with E-state index in [0.29, 0.717) is 26.2 Å². The van der Waals surface area contributed by atoms with Gasteiger partial charge in [0.15, 0.2) is 0 Å². The monoisotopic (exact) mass is 443 g/mol. The van der Waals surface area contributed by atoms with Crippen molar-refractivity contribution >= 4 is 17.5 Å². The first kappa shape index (κ1) is 22.6. The SMILES string of the molecule is O=C(N[C@@H](CO)C(=O)N1CCN(c2ccccc2)CC1)C(c1ccccc1)c1ccccc1. The Bertz CT molecular complexity index is 996. The van der Waals surface area contributed by atoms with Gasteiger partial charge in [0.1, 0.15) is 6.04 Å². The summed E-state index contributed by atoms with van der Waals surface area (Å²) < 4.78 is 0. The van der Waals surface area contributed by atoms with E-state index in [1.54, 1.807) is 4.90 Å². The van der Waals surface area contributed by atoms with E-state index in [2.05, 4.69) is 22.3 Å². The summed E-state index contributed by atoms with van der Waals surface area (Å²) >= 11 is 0. The molecule has 33 heavy (non-hydrogen) atoms. The zero-order valence-electron chi connectivity index (χ0n) is 18.5. The predicted molar refractivity (Wildman–Crippen MR) is 129 cm³/mol. The molecule has 0 aromatic heterocycles. The van der Waals surface area contributed by atoms with Gasteiger partial charge in [0.05, 0.1) is 12.5 Å². The number of piperazine rings is 1. The number of hydrogen-bond acceptors (Lipinski definition) is 4. The number of aliphatic hydroxyl groups is 1. The lowest BCUT2D eigenvalue weighted by Crippen LogP contribution is -2.56. The minimum Gasteiger partial charge on any atom is -0.394 e. The van der Waals surface area contributed by atoms with Crippen LogP contribution in [0.1, 0.15) is 17.0 Å². The molecule has 1 aliphatic heterocycles. The molecule has 0 radical (unpaired) electrons. The molecule has 1 atom stereocenters. The number of para-hydroxylation sites is 1. The van der Waals surface area contributed by atoms with Crippen LogP contribution in [-0.2, 0) is 9.59 Å². The van der Waals surface area contributed by atoms with Crippen molar-refractivity contribution < 1.29 is 14.7 Å². The molecule has 0 unspecified atom stereocenters. The Morgan fingerprint density at radius 1 is 0.758 bits per heavy atom. The van der Waals surface area contributed by atoms with E-state index in [-0.39, 0.29) is 11.8 Å². The Morgan fingerprint density at radius 3 is 1.73 bits per heavy atom. The minimum absolute atomic E-state index is 0.251. The van der Waals surface area contributed by atoms with Crippen LogP contribution in [0.15, 0.2) is 91.0 Å². The standard InChI is InChI=1S/C27H29N3O3/c31-20-24(27(33)30-18-16-29(17-19-30)23-14-8-3-9-15-23)28-26(32)25(21-10-4-1-5-11-21)22-12-6-2-7-13-22/h1-15,24-25,31H,16-20H2,(H,28,32)/t24-/m0/s1. The smallest absolute Gasteiger partial charge is 0.247 e. The Labute approximate surface area is 194 Å². The van der Waals surface area contributed by atoms with Crippen LogP contribution in [-0.4, -0.2) is 60.6 Å². The summed E-state index contributed by atoms with van der Waals surface area (Å²) in [6.45, 7) is 2.05. The Hall–Kier alpha value is -3.64. The summed E-state index contributed by atoms with van der Waals surface area (Å²) in [6, 6.07) is 28.1. The molecule has 1 saturated heterocycles. The summed E-state index contributed by atoms with van der Waals surface area (Å²) in [5.41, 5.74) is 2.80. The zero-order chi connectivity index (χ0) is 23.0. The second-order valence-electron chi connectivity index (χ2n) is 8.15. The highest BCUT2D eigenvalue weighted by atomic mass is 16.3. The van der Waals surface area contributed by atoms with Crippen molar-refractivity contribution in [3.05, 3.63) is 102 Å². The third kappa shape index (κ3) is 5.41. The van der Waals surface area contributed by atoms with E-state index < -0.39 is 18.6 Å². The lowest BCUT2D eigenvalue weighted by molar-refractivity contribution is -0.138. The van der Waals surface area contributed by atoms with Gasteiger partial charge < -0.3 is 20.2 Å². The quantitative estimate of drug-likeness (QED) is 0.589. The van der Waals surface area contributed by atoms with Crippen LogP contribution in [0.3, 0.4) is 0 Å². The fourth-order valence-electron chi connectivity index (χ4n) is 4.27. The van der Waals surface area contributed by atoms with E-state index in [0.717, 1.165) is 16.8 Å². The van der Waals surface area contributed by atoms with Gasteiger partial charge in [0.2, 0.25) is 11.8 Å². The second-order valence-corrected chi connectivity index (χ2v) is 8.15. The predicted octanol–water partition coefficient (Wildman–Crippen LogP) is 2.64. The third-order valence-corrected chi connectivity index (χ3v) is 6.04. The molecule has 170 valence electrons. The number of hydrogen-bond donors (Lipinski definition) is 2. The fourth-order valence-corrected chi connectivity index (χ4v) is 4.27. The van der Waals surface area contributed by atoms with Crippen molar-refractivity contribution in [1.82, 2.24) is 10.2 Å². The lowest BCUT2D eigenvalue weighted by atomic mass is 9.90. The molecule has 0 spiro atoms. The molecule has 1 heterocycles. The van der Waals surface area contributed by atoms with Crippen LogP contribution in [0.2, 0.25) is 0 Å². The second kappa shape index (κ2) is 10.8. The van der Waals surface area contributed by atoms with Crippen molar-refractivity contribution in [3.63, 3.8) is 0 Å². The highest BCUT2D eigenvalue weighted by Gasteiger charge is 2.31. The van der Waals surface area contributed by atoms with Crippen LogP contribution in [0.5, 0.6) is 0 Å². The molecule has 3 aromatic rings. The summed E-state index contributed by atoms with van der Waals surface area (Å²) in [6.07, 6.45) is 0. The van der Waals surface area contributed by atoms with Gasteiger partial charge in [0.25, 0.3) is 0 Å².